The average molecular weight is 405 g/mol. The lowest BCUT2D eigenvalue weighted by atomic mass is 9.50. The fraction of sp³-hybridized carbons (Fsp3) is 0.607. The van der Waals surface area contributed by atoms with Crippen LogP contribution in [0.5, 0.6) is 0 Å². The number of methoxy groups -OCH3 is 1. The van der Waals surface area contributed by atoms with E-state index in [1.807, 2.05) is 0 Å². The molecule has 0 aromatic heterocycles. The van der Waals surface area contributed by atoms with Gasteiger partial charge in [0.1, 0.15) is 0 Å². The van der Waals surface area contributed by atoms with Crippen molar-refractivity contribution in [1.29, 1.82) is 0 Å². The molecule has 2 saturated carbocycles. The van der Waals surface area contributed by atoms with Crippen molar-refractivity contribution in [3.8, 4) is 0 Å². The first-order valence-electron chi connectivity index (χ1n) is 12.3. The van der Waals surface area contributed by atoms with Crippen LogP contribution in [0.15, 0.2) is 54.6 Å². The lowest BCUT2D eigenvalue weighted by molar-refractivity contribution is -0.146. The van der Waals surface area contributed by atoms with Crippen molar-refractivity contribution in [2.45, 2.75) is 51.4 Å². The predicted molar refractivity (Wildman–Crippen MR) is 121 cm³/mol. The maximum absolute atomic E-state index is 12.2. The van der Waals surface area contributed by atoms with Gasteiger partial charge in [-0.25, -0.2) is 0 Å². The smallest absolute Gasteiger partial charge is 0.313 e. The van der Waals surface area contributed by atoms with Gasteiger partial charge in [-0.2, -0.15) is 0 Å². The van der Waals surface area contributed by atoms with Crippen molar-refractivity contribution in [1.82, 2.24) is 0 Å². The summed E-state index contributed by atoms with van der Waals surface area (Å²) in [6, 6.07) is 10.9. The maximum atomic E-state index is 12.2. The van der Waals surface area contributed by atoms with E-state index < -0.39 is 0 Å². The molecule has 2 fully saturated rings. The van der Waals surface area contributed by atoms with Crippen LogP contribution in [0.1, 0.15) is 50.5 Å². The van der Waals surface area contributed by atoms with Gasteiger partial charge < -0.3 is 4.74 Å². The minimum atomic E-state index is -0.0536. The number of carbonyl (C=O) groups excluding carboxylic acids is 1. The highest BCUT2D eigenvalue weighted by molar-refractivity contribution is 5.75. The third kappa shape index (κ3) is 3.57. The largest absolute Gasteiger partial charge is 0.469 e. The van der Waals surface area contributed by atoms with E-state index in [0.717, 1.165) is 23.7 Å². The molecule has 0 bridgehead atoms. The van der Waals surface area contributed by atoms with Crippen LogP contribution >= 0.6 is 0 Å². The van der Waals surface area contributed by atoms with Crippen LogP contribution in [0.4, 0.5) is 0 Å². The number of aryl methyl sites for hydroxylation is 1. The Morgan fingerprint density at radius 1 is 0.900 bits per heavy atom. The molecule has 0 spiro atoms. The minimum Gasteiger partial charge on any atom is -0.469 e. The number of ether oxygens (including phenoxy) is 1. The van der Waals surface area contributed by atoms with Crippen LogP contribution in [-0.2, 0) is 16.0 Å². The Morgan fingerprint density at radius 3 is 2.50 bits per heavy atom. The molecule has 30 heavy (non-hydrogen) atoms. The van der Waals surface area contributed by atoms with Crippen LogP contribution in [0.3, 0.4) is 0 Å². The molecule has 4 aliphatic rings. The van der Waals surface area contributed by atoms with Gasteiger partial charge in [0, 0.05) is 0 Å². The molecule has 160 valence electrons. The molecule has 0 saturated heterocycles. The fourth-order valence-corrected chi connectivity index (χ4v) is 7.44. The van der Waals surface area contributed by atoms with E-state index in [4.69, 9.17) is 4.74 Å². The third-order valence-electron chi connectivity index (χ3n) is 8.77. The molecule has 0 aliphatic heterocycles. The minimum absolute atomic E-state index is 0.0515. The number of benzene rings is 1. The van der Waals surface area contributed by atoms with Crippen LogP contribution in [-0.4, -0.2) is 13.1 Å². The first-order valence-corrected chi connectivity index (χ1v) is 12.3. The van der Waals surface area contributed by atoms with Crippen molar-refractivity contribution in [3.63, 3.8) is 0 Å². The molecule has 1 aromatic rings. The summed E-state index contributed by atoms with van der Waals surface area (Å²) in [7, 11) is 1.52. The summed E-state index contributed by atoms with van der Waals surface area (Å²) in [6.45, 7) is 0. The van der Waals surface area contributed by atoms with E-state index >= 15 is 0 Å². The highest BCUT2D eigenvalue weighted by Gasteiger charge is 2.62. The average Bonchev–Trinajstić information content (AvgIpc) is 3.13. The van der Waals surface area contributed by atoms with E-state index in [1.54, 1.807) is 0 Å². The third-order valence-corrected chi connectivity index (χ3v) is 8.77. The van der Waals surface area contributed by atoms with E-state index in [0.29, 0.717) is 17.8 Å². The summed E-state index contributed by atoms with van der Waals surface area (Å²) in [5.74, 6) is 5.07. The topological polar surface area (TPSA) is 26.3 Å². The van der Waals surface area contributed by atoms with Gasteiger partial charge in [-0.3, -0.25) is 4.79 Å². The van der Waals surface area contributed by atoms with Gasteiger partial charge in [0.05, 0.1) is 13.0 Å². The summed E-state index contributed by atoms with van der Waals surface area (Å²) in [6.07, 6.45) is 20.2. The van der Waals surface area contributed by atoms with Gasteiger partial charge in [-0.15, -0.1) is 0 Å². The number of hydrogen-bond donors (Lipinski definition) is 0. The second-order valence-corrected chi connectivity index (χ2v) is 10.1. The van der Waals surface area contributed by atoms with Gasteiger partial charge in [0.25, 0.3) is 0 Å². The van der Waals surface area contributed by atoms with Gasteiger partial charge in [-0.05, 0) is 72.7 Å². The maximum Gasteiger partial charge on any atom is 0.313 e. The Kier molecular flexibility index (Phi) is 5.85. The predicted octanol–water partition coefficient (Wildman–Crippen LogP) is 6.23. The first-order chi connectivity index (χ1) is 14.8. The van der Waals surface area contributed by atoms with Crippen molar-refractivity contribution in [2.75, 3.05) is 7.11 Å². The van der Waals surface area contributed by atoms with E-state index in [1.165, 1.54) is 64.0 Å². The zero-order valence-electron chi connectivity index (χ0n) is 18.3. The molecule has 0 amide bonds. The van der Waals surface area contributed by atoms with Crippen molar-refractivity contribution >= 4 is 5.97 Å². The summed E-state index contributed by atoms with van der Waals surface area (Å²) in [4.78, 5) is 12.2. The highest BCUT2D eigenvalue weighted by atomic mass is 16.5. The van der Waals surface area contributed by atoms with E-state index in [-0.39, 0.29) is 11.9 Å². The first kappa shape index (κ1) is 20.1. The highest BCUT2D eigenvalue weighted by Crippen LogP contribution is 2.67. The molecule has 0 heterocycles. The second kappa shape index (κ2) is 8.73. The molecule has 0 unspecified atom stereocenters. The summed E-state index contributed by atoms with van der Waals surface area (Å²) in [5, 5.41) is 0. The van der Waals surface area contributed by atoms with Crippen LogP contribution in [0.25, 0.3) is 0 Å². The molecule has 2 heteroatoms. The number of esters is 1. The lowest BCUT2D eigenvalue weighted by Gasteiger charge is -2.54. The molecule has 4 aliphatic carbocycles. The summed E-state index contributed by atoms with van der Waals surface area (Å²) < 4.78 is 5.08. The molecular weight excluding hydrogens is 368 g/mol. The Labute approximate surface area is 181 Å². The standard InChI is InChI=1S/C28H36O2/c1-30-28(29)24-15-14-20-18-25-21(22-16-17-23(24)26(20)27(22)25)13-9-4-2-3-6-10-19-11-7-5-8-12-19/h5,7-8,11-12,14-17,20-27H,2-4,6,9-10,13,18H2,1H3/t20-,21-,22-,23-,24-,25-,26+,27+/m1/s1. The molecule has 5 rings (SSSR count). The normalized spacial score (nSPS) is 37.5. The molecule has 8 atom stereocenters. The summed E-state index contributed by atoms with van der Waals surface area (Å²) in [5.41, 5.74) is 1.48. The zero-order valence-corrected chi connectivity index (χ0v) is 18.3. The number of allylic oxidation sites excluding steroid dienone is 3. The molecule has 1 aromatic carbocycles. The fourth-order valence-electron chi connectivity index (χ4n) is 7.44. The zero-order chi connectivity index (χ0) is 20.5. The van der Waals surface area contributed by atoms with E-state index in [9.17, 15) is 4.79 Å². The Balaban J connectivity index is 1.08. The molecule has 0 N–H and O–H groups in total. The van der Waals surface area contributed by atoms with Gasteiger partial charge >= 0.3 is 5.97 Å². The number of hydrogen-bond acceptors (Lipinski definition) is 2. The van der Waals surface area contributed by atoms with Crippen molar-refractivity contribution in [2.24, 2.45) is 47.3 Å². The van der Waals surface area contributed by atoms with Crippen LogP contribution < -0.4 is 0 Å². The van der Waals surface area contributed by atoms with Gasteiger partial charge in [-0.1, -0.05) is 80.3 Å². The summed E-state index contributed by atoms with van der Waals surface area (Å²) >= 11 is 0. The van der Waals surface area contributed by atoms with Crippen LogP contribution in [0, 0.1) is 47.3 Å². The van der Waals surface area contributed by atoms with Gasteiger partial charge in [0.15, 0.2) is 0 Å². The molecule has 0 radical (unpaired) electrons. The Bertz CT molecular complexity index is 794. The quantitative estimate of drug-likeness (QED) is 0.277. The van der Waals surface area contributed by atoms with Crippen molar-refractivity contribution in [3.05, 3.63) is 60.2 Å². The van der Waals surface area contributed by atoms with E-state index in [2.05, 4.69) is 54.6 Å². The molecule has 2 nitrogen and oxygen atoms in total. The molecular formula is C28H36O2. The van der Waals surface area contributed by atoms with Gasteiger partial charge in [0.2, 0.25) is 0 Å². The van der Waals surface area contributed by atoms with Crippen molar-refractivity contribution < 1.29 is 9.53 Å². The SMILES string of the molecule is COC(=O)[C@@H]1C=C[C@@H]2C[C@@H]3[C@H](CCCCCCCc4ccccc4)[C@H]4C=C[C@H]1[C@H]2[C@@H]43. The number of carbonyl (C=O) groups is 1. The number of unbranched alkanes of at least 4 members (excludes halogenated alkanes) is 4. The number of rotatable bonds is 9. The lowest BCUT2D eigenvalue weighted by Crippen LogP contribution is -2.50. The van der Waals surface area contributed by atoms with Crippen LogP contribution in [0.2, 0.25) is 0 Å². The monoisotopic (exact) mass is 404 g/mol. The second-order valence-electron chi connectivity index (χ2n) is 10.1. The Hall–Kier alpha value is -1.83. The Morgan fingerprint density at radius 2 is 1.67 bits per heavy atom.